The van der Waals surface area contributed by atoms with Gasteiger partial charge in [-0.25, -0.2) is 0 Å². The summed E-state index contributed by atoms with van der Waals surface area (Å²) < 4.78 is 10.5. The maximum atomic E-state index is 8.99. The predicted octanol–water partition coefficient (Wildman–Crippen LogP) is 7.46. The molecule has 30 heavy (non-hydrogen) atoms. The van der Waals surface area contributed by atoms with Gasteiger partial charge in [0.05, 0.1) is 0 Å². The standard InChI is InChI=1S/C24H24Cl2N2O2/c1-13(2)17-9-19(15(5)7-21(17)29-11-27)23(24(25)26)20-10-18(14(3)4)22(30-12-28)8-16(20)6/h7-10,13-14H,1-6H3. The molecule has 0 atom stereocenters. The van der Waals surface area contributed by atoms with E-state index in [0.29, 0.717) is 17.1 Å². The Balaban J connectivity index is 2.82. The van der Waals surface area contributed by atoms with Crippen LogP contribution in [0.4, 0.5) is 0 Å². The lowest BCUT2D eigenvalue weighted by atomic mass is 9.87. The molecule has 0 radical (unpaired) electrons. The summed E-state index contributed by atoms with van der Waals surface area (Å²) in [5.41, 5.74) is 5.92. The third-order valence-electron chi connectivity index (χ3n) is 5.00. The topological polar surface area (TPSA) is 66.0 Å². The quantitative estimate of drug-likeness (QED) is 0.435. The average Bonchev–Trinajstić information content (AvgIpc) is 2.64. The van der Waals surface area contributed by atoms with Gasteiger partial charge in [0.1, 0.15) is 16.0 Å². The Kier molecular flexibility index (Phi) is 7.79. The van der Waals surface area contributed by atoms with Crippen molar-refractivity contribution in [2.24, 2.45) is 0 Å². The van der Waals surface area contributed by atoms with Crippen molar-refractivity contribution < 1.29 is 9.47 Å². The lowest BCUT2D eigenvalue weighted by Crippen LogP contribution is -2.03. The van der Waals surface area contributed by atoms with Gasteiger partial charge in [0.2, 0.25) is 0 Å². The second-order valence-electron chi connectivity index (χ2n) is 7.74. The van der Waals surface area contributed by atoms with Crippen LogP contribution in [0.25, 0.3) is 5.57 Å². The molecule has 0 bridgehead atoms. The maximum Gasteiger partial charge on any atom is 0.292 e. The Morgan fingerprint density at radius 1 is 0.767 bits per heavy atom. The van der Waals surface area contributed by atoms with E-state index >= 15 is 0 Å². The number of benzene rings is 2. The fourth-order valence-electron chi connectivity index (χ4n) is 3.46. The molecule has 0 N–H and O–H groups in total. The summed E-state index contributed by atoms with van der Waals surface area (Å²) >= 11 is 12.8. The molecule has 2 aromatic carbocycles. The zero-order valence-electron chi connectivity index (χ0n) is 17.9. The summed E-state index contributed by atoms with van der Waals surface area (Å²) in [4.78, 5) is 0. The Morgan fingerprint density at radius 3 is 1.40 bits per heavy atom. The Hall–Kier alpha value is -2.66. The molecule has 0 heterocycles. The molecule has 0 amide bonds. The van der Waals surface area contributed by atoms with Gasteiger partial charge in [-0.05, 0) is 83.3 Å². The SMILES string of the molecule is Cc1cc(OC#N)c(C(C)C)cc1C(=C(Cl)Cl)c1cc(C(C)C)c(OC#N)cc1C. The fraction of sp³-hybridized carbons (Fsp3) is 0.333. The van der Waals surface area contributed by atoms with Crippen molar-refractivity contribution in [3.05, 3.63) is 62.1 Å². The molecule has 0 saturated carbocycles. The molecular formula is C24H24Cl2N2O2. The van der Waals surface area contributed by atoms with E-state index in [0.717, 1.165) is 33.4 Å². The molecule has 156 valence electrons. The molecule has 0 spiro atoms. The van der Waals surface area contributed by atoms with Crippen LogP contribution in [-0.2, 0) is 0 Å². The molecule has 0 saturated heterocycles. The van der Waals surface area contributed by atoms with E-state index in [-0.39, 0.29) is 16.3 Å². The smallest absolute Gasteiger partial charge is 0.292 e. The number of hydrogen-bond donors (Lipinski definition) is 0. The maximum absolute atomic E-state index is 8.99. The molecule has 6 heteroatoms. The largest absolute Gasteiger partial charge is 0.388 e. The van der Waals surface area contributed by atoms with E-state index in [1.165, 1.54) is 0 Å². The van der Waals surface area contributed by atoms with Crippen LogP contribution >= 0.6 is 23.2 Å². The van der Waals surface area contributed by atoms with E-state index in [9.17, 15) is 0 Å². The summed E-state index contributed by atoms with van der Waals surface area (Å²) in [5.74, 6) is 1.30. The third-order valence-corrected chi connectivity index (χ3v) is 5.37. The highest BCUT2D eigenvalue weighted by atomic mass is 35.5. The molecule has 0 aliphatic carbocycles. The van der Waals surface area contributed by atoms with Crippen LogP contribution in [0.1, 0.15) is 72.9 Å². The summed E-state index contributed by atoms with van der Waals surface area (Å²) in [5, 5.41) is 18.0. The molecule has 2 aromatic rings. The summed E-state index contributed by atoms with van der Waals surface area (Å²) in [6.07, 6.45) is 3.50. The number of ether oxygens (including phenoxy) is 2. The second kappa shape index (κ2) is 9.90. The van der Waals surface area contributed by atoms with Crippen LogP contribution in [0.2, 0.25) is 0 Å². The van der Waals surface area contributed by atoms with Crippen molar-refractivity contribution in [1.82, 2.24) is 0 Å². The second-order valence-corrected chi connectivity index (χ2v) is 8.69. The lowest BCUT2D eigenvalue weighted by Gasteiger charge is -2.20. The van der Waals surface area contributed by atoms with Crippen LogP contribution in [0.3, 0.4) is 0 Å². The van der Waals surface area contributed by atoms with Crippen molar-refractivity contribution >= 4 is 28.8 Å². The molecule has 4 nitrogen and oxygen atoms in total. The van der Waals surface area contributed by atoms with E-state index in [1.807, 2.05) is 65.8 Å². The van der Waals surface area contributed by atoms with Gasteiger partial charge in [0.25, 0.3) is 12.5 Å². The number of aryl methyl sites for hydroxylation is 2. The number of nitriles is 2. The monoisotopic (exact) mass is 442 g/mol. The van der Waals surface area contributed by atoms with Gasteiger partial charge in [-0.15, -0.1) is 10.5 Å². The van der Waals surface area contributed by atoms with Gasteiger partial charge in [0.15, 0.2) is 0 Å². The zero-order valence-corrected chi connectivity index (χ0v) is 19.4. The minimum atomic E-state index is 0.127. The van der Waals surface area contributed by atoms with Crippen LogP contribution in [-0.4, -0.2) is 0 Å². The molecule has 2 rings (SSSR count). The van der Waals surface area contributed by atoms with E-state index < -0.39 is 0 Å². The fourth-order valence-corrected chi connectivity index (χ4v) is 3.87. The Labute approximate surface area is 188 Å². The normalized spacial score (nSPS) is 10.5. The van der Waals surface area contributed by atoms with Gasteiger partial charge in [0, 0.05) is 5.57 Å². The Morgan fingerprint density at radius 2 is 1.13 bits per heavy atom. The first-order chi connectivity index (χ1) is 14.1. The average molecular weight is 443 g/mol. The van der Waals surface area contributed by atoms with E-state index in [4.69, 9.17) is 43.2 Å². The van der Waals surface area contributed by atoms with Crippen molar-refractivity contribution in [3.63, 3.8) is 0 Å². The molecule has 0 fully saturated rings. The third kappa shape index (κ3) is 4.90. The molecular weight excluding hydrogens is 419 g/mol. The highest BCUT2D eigenvalue weighted by Crippen LogP contribution is 2.41. The number of nitrogens with zero attached hydrogens (tertiary/aromatic N) is 2. The molecule has 0 unspecified atom stereocenters. The predicted molar refractivity (Wildman–Crippen MR) is 121 cm³/mol. The van der Waals surface area contributed by atoms with Gasteiger partial charge in [-0.3, -0.25) is 0 Å². The van der Waals surface area contributed by atoms with Gasteiger partial charge in [-0.1, -0.05) is 50.9 Å². The minimum absolute atomic E-state index is 0.127. The summed E-state index contributed by atoms with van der Waals surface area (Å²) in [7, 11) is 0. The highest BCUT2D eigenvalue weighted by molar-refractivity contribution is 6.59. The first-order valence-corrected chi connectivity index (χ1v) is 10.3. The summed E-state index contributed by atoms with van der Waals surface area (Å²) in [6, 6.07) is 7.61. The van der Waals surface area contributed by atoms with Crippen molar-refractivity contribution in [2.75, 3.05) is 0 Å². The first-order valence-electron chi connectivity index (χ1n) is 9.59. The van der Waals surface area contributed by atoms with Crippen molar-refractivity contribution in [1.29, 1.82) is 10.5 Å². The number of hydrogen-bond acceptors (Lipinski definition) is 4. The summed E-state index contributed by atoms with van der Waals surface area (Å²) in [6.45, 7) is 12.0. The van der Waals surface area contributed by atoms with Crippen LogP contribution in [0.5, 0.6) is 11.5 Å². The van der Waals surface area contributed by atoms with Crippen molar-refractivity contribution in [2.45, 2.75) is 53.4 Å². The highest BCUT2D eigenvalue weighted by Gasteiger charge is 2.21. The molecule has 0 aliphatic rings. The Bertz CT molecular complexity index is 991. The van der Waals surface area contributed by atoms with Gasteiger partial charge in [-0.2, -0.15) is 0 Å². The molecule has 0 aliphatic heterocycles. The van der Waals surface area contributed by atoms with Crippen LogP contribution in [0, 0.1) is 36.9 Å². The minimum Gasteiger partial charge on any atom is -0.388 e. The van der Waals surface area contributed by atoms with Crippen molar-refractivity contribution in [3.8, 4) is 24.0 Å². The number of rotatable bonds is 6. The zero-order chi connectivity index (χ0) is 22.6. The number of halogens is 2. The van der Waals surface area contributed by atoms with Gasteiger partial charge < -0.3 is 9.47 Å². The van der Waals surface area contributed by atoms with E-state index in [1.54, 1.807) is 12.5 Å². The molecule has 0 aromatic heterocycles. The first kappa shape index (κ1) is 23.6. The van der Waals surface area contributed by atoms with Gasteiger partial charge >= 0.3 is 0 Å². The van der Waals surface area contributed by atoms with E-state index in [2.05, 4.69) is 0 Å². The lowest BCUT2D eigenvalue weighted by molar-refractivity contribution is 0.496. The van der Waals surface area contributed by atoms with Crippen LogP contribution < -0.4 is 9.47 Å². The van der Waals surface area contributed by atoms with Crippen LogP contribution in [0.15, 0.2) is 28.8 Å².